The van der Waals surface area contributed by atoms with E-state index >= 15 is 0 Å². The lowest BCUT2D eigenvalue weighted by molar-refractivity contribution is 1.05. The largest absolute Gasteiger partial charge is 0.296 e. The number of para-hydroxylation sites is 1. The van der Waals surface area contributed by atoms with Gasteiger partial charge in [0.1, 0.15) is 8.22 Å². The second kappa shape index (κ2) is 12.6. The highest BCUT2D eigenvalue weighted by atomic mass is 79.9. The van der Waals surface area contributed by atoms with Crippen LogP contribution in [0.4, 0.5) is 23.0 Å². The summed E-state index contributed by atoms with van der Waals surface area (Å²) in [6.07, 6.45) is 9.21. The lowest BCUT2D eigenvalue weighted by Gasteiger charge is -2.32. The molecule has 5 nitrogen and oxygen atoms in total. The highest BCUT2D eigenvalue weighted by Crippen LogP contribution is 2.69. The summed E-state index contributed by atoms with van der Waals surface area (Å²) in [5, 5.41) is 1.17. The molecule has 7 heteroatoms. The van der Waals surface area contributed by atoms with Crippen molar-refractivity contribution in [1.82, 2.24) is 15.0 Å². The summed E-state index contributed by atoms with van der Waals surface area (Å²) < 4.78 is 5.69. The number of allylic oxidation sites excluding steroid dienone is 5. The number of fused-ring (bicyclic) bond motifs is 1. The fourth-order valence-corrected chi connectivity index (χ4v) is 7.75. The van der Waals surface area contributed by atoms with Gasteiger partial charge in [0.25, 0.3) is 0 Å². The second-order valence-electron chi connectivity index (χ2n) is 9.55. The monoisotopic (exact) mass is 629 g/mol. The van der Waals surface area contributed by atoms with Crippen LogP contribution >= 0.6 is 24.2 Å². The molecule has 1 aliphatic heterocycles. The molecule has 206 valence electrons. The van der Waals surface area contributed by atoms with Gasteiger partial charge in [-0.2, -0.15) is 9.97 Å². The molecule has 1 atom stereocenters. The first-order valence-corrected chi connectivity index (χ1v) is 15.8. The fourth-order valence-electron chi connectivity index (χ4n) is 4.86. The van der Waals surface area contributed by atoms with E-state index in [2.05, 4.69) is 99.5 Å². The van der Waals surface area contributed by atoms with Crippen molar-refractivity contribution >= 4 is 47.2 Å². The van der Waals surface area contributed by atoms with Gasteiger partial charge in [-0.3, -0.25) is 9.34 Å². The van der Waals surface area contributed by atoms with Crippen molar-refractivity contribution in [1.29, 1.82) is 0 Å². The van der Waals surface area contributed by atoms with Crippen LogP contribution < -0.4 is 9.34 Å². The third-order valence-corrected chi connectivity index (χ3v) is 9.60. The van der Waals surface area contributed by atoms with Gasteiger partial charge in [0.2, 0.25) is 5.95 Å². The molecule has 0 bridgehead atoms. The van der Waals surface area contributed by atoms with Gasteiger partial charge < -0.3 is 0 Å². The summed E-state index contributed by atoms with van der Waals surface area (Å²) in [5.74, 6) is 1.86. The normalized spacial score (nSPS) is 14.8. The van der Waals surface area contributed by atoms with Gasteiger partial charge >= 0.3 is 0 Å². The molecule has 0 spiro atoms. The Morgan fingerprint density at radius 3 is 1.93 bits per heavy atom. The summed E-state index contributed by atoms with van der Waals surface area (Å²) in [6, 6.07) is 37.1. The molecule has 42 heavy (non-hydrogen) atoms. The molecule has 0 N–H and O–H groups in total. The Kier molecular flexibility index (Phi) is 8.36. The molecule has 1 aliphatic rings. The van der Waals surface area contributed by atoms with Gasteiger partial charge in [0.15, 0.2) is 11.6 Å². The maximum absolute atomic E-state index is 5.15. The molecular weight excluding hydrogens is 601 g/mol. The zero-order chi connectivity index (χ0) is 28.9. The number of halogens is 1. The number of nitrogens with zero attached hydrogens (tertiary/aromatic N) is 5. The van der Waals surface area contributed by atoms with Crippen LogP contribution in [0.5, 0.6) is 0 Å². The SMILES string of the molecule is C=CC/C=C(\C=C/C)P1N(c2ccccc2)c2ccc(Br)cc2N1c1nc(-c2ccccc2)nc(-c2ccccc2)n1. The second-order valence-corrected chi connectivity index (χ2v) is 12.4. The van der Waals surface area contributed by atoms with Crippen molar-refractivity contribution in [3.05, 3.63) is 150 Å². The third kappa shape index (κ3) is 5.56. The first kappa shape index (κ1) is 27.8. The van der Waals surface area contributed by atoms with Crippen LogP contribution in [-0.4, -0.2) is 15.0 Å². The quantitative estimate of drug-likeness (QED) is 0.0970. The summed E-state index contributed by atoms with van der Waals surface area (Å²) in [7, 11) is -1.19. The Morgan fingerprint density at radius 2 is 1.36 bits per heavy atom. The van der Waals surface area contributed by atoms with Crippen LogP contribution in [0, 0.1) is 0 Å². The summed E-state index contributed by atoms with van der Waals surface area (Å²) in [6.45, 7) is 6.04. The van der Waals surface area contributed by atoms with E-state index in [4.69, 9.17) is 15.0 Å². The number of aromatic nitrogens is 3. The van der Waals surface area contributed by atoms with Crippen LogP contribution in [0.1, 0.15) is 13.3 Å². The van der Waals surface area contributed by atoms with Crippen molar-refractivity contribution in [2.45, 2.75) is 13.3 Å². The third-order valence-electron chi connectivity index (χ3n) is 6.71. The van der Waals surface area contributed by atoms with Crippen LogP contribution in [0.15, 0.2) is 150 Å². The van der Waals surface area contributed by atoms with Crippen LogP contribution in [0.25, 0.3) is 22.8 Å². The minimum atomic E-state index is -1.19. The topological polar surface area (TPSA) is 45.2 Å². The standard InChI is InChI=1S/C35H29BrN5P/c1-3-5-22-30(15-4-2)42-40(29-20-13-8-14-21-29)31-24-23-28(36)25-32(31)41(42)35-38-33(26-16-9-6-10-17-26)37-34(39-35)27-18-11-7-12-19-27/h3-4,6-25H,1,5H2,2H3/b15-4-,30-22+. The van der Waals surface area contributed by atoms with E-state index in [-0.39, 0.29) is 0 Å². The Hall–Kier alpha value is -4.38. The Labute approximate surface area is 256 Å². The molecule has 0 radical (unpaired) electrons. The molecule has 1 aromatic heterocycles. The molecule has 2 heterocycles. The van der Waals surface area contributed by atoms with Gasteiger partial charge in [0, 0.05) is 26.6 Å². The van der Waals surface area contributed by atoms with Crippen molar-refractivity contribution in [3.8, 4) is 22.8 Å². The van der Waals surface area contributed by atoms with Gasteiger partial charge in [-0.1, -0.05) is 119 Å². The molecule has 0 saturated carbocycles. The van der Waals surface area contributed by atoms with E-state index in [1.807, 2.05) is 72.8 Å². The van der Waals surface area contributed by atoms with E-state index in [1.165, 1.54) is 5.31 Å². The molecule has 0 fully saturated rings. The molecule has 0 saturated heterocycles. The smallest absolute Gasteiger partial charge is 0.239 e. The van der Waals surface area contributed by atoms with E-state index in [0.717, 1.165) is 39.1 Å². The zero-order valence-corrected chi connectivity index (χ0v) is 25.7. The zero-order valence-electron chi connectivity index (χ0n) is 23.2. The van der Waals surface area contributed by atoms with E-state index in [1.54, 1.807) is 0 Å². The molecule has 1 unspecified atom stereocenters. The molecule has 4 aromatic carbocycles. The van der Waals surface area contributed by atoms with Gasteiger partial charge in [-0.15, -0.1) is 6.58 Å². The summed E-state index contributed by atoms with van der Waals surface area (Å²) >= 11 is 3.74. The van der Waals surface area contributed by atoms with Crippen molar-refractivity contribution < 1.29 is 0 Å². The van der Waals surface area contributed by atoms with Crippen molar-refractivity contribution in [2.24, 2.45) is 0 Å². The Morgan fingerprint density at radius 1 is 0.762 bits per heavy atom. The van der Waals surface area contributed by atoms with Gasteiger partial charge in [-0.05, 0) is 43.7 Å². The molecule has 0 amide bonds. The van der Waals surface area contributed by atoms with E-state index in [0.29, 0.717) is 17.6 Å². The predicted molar refractivity (Wildman–Crippen MR) is 180 cm³/mol. The van der Waals surface area contributed by atoms with Crippen LogP contribution in [-0.2, 0) is 0 Å². The molecule has 0 aliphatic carbocycles. The van der Waals surface area contributed by atoms with E-state index in [9.17, 15) is 0 Å². The minimum absolute atomic E-state index is 0.598. The Balaban J connectivity index is 1.65. The number of hydrogen-bond donors (Lipinski definition) is 0. The lowest BCUT2D eigenvalue weighted by atomic mass is 10.2. The van der Waals surface area contributed by atoms with Crippen LogP contribution in [0.3, 0.4) is 0 Å². The van der Waals surface area contributed by atoms with Crippen molar-refractivity contribution in [3.63, 3.8) is 0 Å². The Bertz CT molecular complexity index is 1700. The number of rotatable bonds is 8. The molecular formula is C35H29BrN5P. The minimum Gasteiger partial charge on any atom is -0.296 e. The van der Waals surface area contributed by atoms with Gasteiger partial charge in [0.05, 0.1) is 11.4 Å². The highest BCUT2D eigenvalue weighted by molar-refractivity contribution is 9.10. The summed E-state index contributed by atoms with van der Waals surface area (Å²) in [5.41, 5.74) is 5.09. The summed E-state index contributed by atoms with van der Waals surface area (Å²) in [4.78, 5) is 15.2. The fraction of sp³-hybridized carbons (Fsp3) is 0.0571. The average molecular weight is 631 g/mol. The molecule has 5 aromatic rings. The lowest BCUT2D eigenvalue weighted by Crippen LogP contribution is -2.17. The number of hydrogen-bond acceptors (Lipinski definition) is 5. The number of anilines is 4. The van der Waals surface area contributed by atoms with E-state index < -0.39 is 8.22 Å². The predicted octanol–water partition coefficient (Wildman–Crippen LogP) is 10.6. The first-order valence-electron chi connectivity index (χ1n) is 13.7. The van der Waals surface area contributed by atoms with Gasteiger partial charge in [-0.25, -0.2) is 4.98 Å². The first-order chi connectivity index (χ1) is 20.7. The van der Waals surface area contributed by atoms with Crippen LogP contribution in [0.2, 0.25) is 0 Å². The highest BCUT2D eigenvalue weighted by Gasteiger charge is 2.42. The maximum atomic E-state index is 5.15. The molecule has 6 rings (SSSR count). The average Bonchev–Trinajstić information content (AvgIpc) is 3.38. The van der Waals surface area contributed by atoms with Crippen molar-refractivity contribution in [2.75, 3.05) is 9.34 Å². The number of benzene rings is 4. The maximum Gasteiger partial charge on any atom is 0.239 e.